The molecule has 3 heterocycles. The molecule has 2 aromatic rings. The highest BCUT2D eigenvalue weighted by atomic mass is 127. The van der Waals surface area contributed by atoms with Gasteiger partial charge in [-0.05, 0) is 37.3 Å². The van der Waals surface area contributed by atoms with E-state index in [2.05, 4.69) is 58.0 Å². The first-order chi connectivity index (χ1) is 15.6. The number of carbonyl (C=O) groups is 1. The number of aryl methyl sites for hydroxylation is 1. The van der Waals surface area contributed by atoms with Gasteiger partial charge in [0.05, 0.1) is 18.4 Å². The van der Waals surface area contributed by atoms with Gasteiger partial charge in [-0.25, -0.2) is 4.99 Å². The number of carbonyl (C=O) groups excluding carboxylic acids is 1. The number of anilines is 1. The van der Waals surface area contributed by atoms with Crippen molar-refractivity contribution < 1.29 is 4.79 Å². The van der Waals surface area contributed by atoms with Crippen molar-refractivity contribution in [2.45, 2.75) is 51.7 Å². The Morgan fingerprint density at radius 3 is 2.82 bits per heavy atom. The Morgan fingerprint density at radius 2 is 2.09 bits per heavy atom. The van der Waals surface area contributed by atoms with Gasteiger partial charge in [0.1, 0.15) is 0 Å². The molecule has 180 valence electrons. The van der Waals surface area contributed by atoms with E-state index in [0.717, 1.165) is 57.0 Å². The Bertz CT molecular complexity index is 944. The van der Waals surface area contributed by atoms with Crippen LogP contribution >= 0.6 is 24.0 Å². The number of aromatic nitrogens is 2. The number of nitrogens with zero attached hydrogens (tertiary/aromatic N) is 5. The molecule has 2 saturated heterocycles. The summed E-state index contributed by atoms with van der Waals surface area (Å²) < 4.78 is 1.85. The maximum atomic E-state index is 11.9. The molecule has 0 spiro atoms. The van der Waals surface area contributed by atoms with Crippen molar-refractivity contribution in [3.63, 3.8) is 0 Å². The van der Waals surface area contributed by atoms with Crippen molar-refractivity contribution in [2.75, 3.05) is 31.1 Å². The average Bonchev–Trinajstić information content (AvgIpc) is 3.41. The van der Waals surface area contributed by atoms with Gasteiger partial charge < -0.3 is 20.4 Å². The fourth-order valence-corrected chi connectivity index (χ4v) is 4.50. The molecule has 4 rings (SSSR count). The van der Waals surface area contributed by atoms with Crippen LogP contribution in [-0.2, 0) is 24.9 Å². The Kier molecular flexibility index (Phi) is 9.40. The Labute approximate surface area is 213 Å². The molecule has 2 aliphatic rings. The van der Waals surface area contributed by atoms with Gasteiger partial charge in [-0.3, -0.25) is 9.48 Å². The minimum Gasteiger partial charge on any atom is -0.367 e. The third-order valence-electron chi connectivity index (χ3n) is 6.12. The summed E-state index contributed by atoms with van der Waals surface area (Å²) >= 11 is 0. The zero-order valence-electron chi connectivity index (χ0n) is 19.7. The molecule has 1 aromatic heterocycles. The van der Waals surface area contributed by atoms with E-state index in [-0.39, 0.29) is 29.9 Å². The summed E-state index contributed by atoms with van der Waals surface area (Å²) in [6.45, 7) is 7.08. The van der Waals surface area contributed by atoms with E-state index in [4.69, 9.17) is 4.99 Å². The maximum Gasteiger partial charge on any atom is 0.222 e. The molecule has 2 N–H and O–H groups in total. The van der Waals surface area contributed by atoms with E-state index in [1.807, 2.05) is 22.8 Å². The van der Waals surface area contributed by atoms with Crippen LogP contribution < -0.4 is 15.5 Å². The number of nitrogens with one attached hydrogen (secondary N) is 2. The number of hydrogen-bond acceptors (Lipinski definition) is 4. The highest BCUT2D eigenvalue weighted by Gasteiger charge is 2.22. The zero-order chi connectivity index (χ0) is 22.3. The molecule has 1 atom stereocenters. The van der Waals surface area contributed by atoms with Gasteiger partial charge in [0.15, 0.2) is 5.96 Å². The number of guanidine groups is 1. The smallest absolute Gasteiger partial charge is 0.222 e. The summed E-state index contributed by atoms with van der Waals surface area (Å²) in [5.41, 5.74) is 3.51. The lowest BCUT2D eigenvalue weighted by molar-refractivity contribution is -0.128. The molecule has 1 aromatic carbocycles. The van der Waals surface area contributed by atoms with Crippen molar-refractivity contribution in [1.29, 1.82) is 0 Å². The van der Waals surface area contributed by atoms with Crippen LogP contribution in [0.4, 0.5) is 5.69 Å². The highest BCUT2D eigenvalue weighted by Crippen LogP contribution is 2.19. The number of hydrogen-bond donors (Lipinski definition) is 2. The normalized spacial score (nSPS) is 18.9. The minimum absolute atomic E-state index is 0. The first-order valence-corrected chi connectivity index (χ1v) is 11.7. The van der Waals surface area contributed by atoms with Crippen LogP contribution in [-0.4, -0.2) is 58.8 Å². The molecule has 9 heteroatoms. The van der Waals surface area contributed by atoms with Crippen molar-refractivity contribution in [3.05, 3.63) is 47.8 Å². The fourth-order valence-electron chi connectivity index (χ4n) is 4.50. The van der Waals surface area contributed by atoms with Gasteiger partial charge in [0.2, 0.25) is 5.91 Å². The van der Waals surface area contributed by atoms with Gasteiger partial charge in [-0.15, -0.1) is 24.0 Å². The predicted octanol–water partition coefficient (Wildman–Crippen LogP) is 2.88. The molecule has 1 amide bonds. The predicted molar refractivity (Wildman–Crippen MR) is 143 cm³/mol. The van der Waals surface area contributed by atoms with Crippen molar-refractivity contribution >= 4 is 41.5 Å². The summed E-state index contributed by atoms with van der Waals surface area (Å²) in [4.78, 5) is 21.1. The Morgan fingerprint density at radius 1 is 1.24 bits per heavy atom. The molecular formula is C24H36IN7O. The zero-order valence-corrected chi connectivity index (χ0v) is 22.0. The van der Waals surface area contributed by atoms with E-state index >= 15 is 0 Å². The molecule has 0 saturated carbocycles. The van der Waals surface area contributed by atoms with Crippen molar-refractivity contribution in [1.82, 2.24) is 25.3 Å². The van der Waals surface area contributed by atoms with E-state index in [9.17, 15) is 4.79 Å². The Hall–Kier alpha value is -2.30. The second-order valence-corrected chi connectivity index (χ2v) is 8.74. The molecule has 33 heavy (non-hydrogen) atoms. The van der Waals surface area contributed by atoms with Crippen LogP contribution in [0.3, 0.4) is 0 Å². The highest BCUT2D eigenvalue weighted by molar-refractivity contribution is 14.0. The number of rotatable bonds is 7. The molecule has 0 radical (unpaired) electrons. The van der Waals surface area contributed by atoms with E-state index in [1.165, 1.54) is 11.3 Å². The van der Waals surface area contributed by atoms with Crippen LogP contribution in [0.1, 0.15) is 43.7 Å². The van der Waals surface area contributed by atoms with Gasteiger partial charge >= 0.3 is 0 Å². The molecule has 2 fully saturated rings. The lowest BCUT2D eigenvalue weighted by Gasteiger charge is -2.34. The van der Waals surface area contributed by atoms with Crippen molar-refractivity contribution in [2.24, 2.45) is 12.0 Å². The molecule has 8 nitrogen and oxygen atoms in total. The summed E-state index contributed by atoms with van der Waals surface area (Å²) in [5.74, 6) is 1.12. The lowest BCUT2D eigenvalue weighted by Crippen LogP contribution is -2.51. The first-order valence-electron chi connectivity index (χ1n) is 11.7. The molecule has 2 aliphatic heterocycles. The number of aliphatic imine (C=N–C) groups is 1. The van der Waals surface area contributed by atoms with E-state index in [0.29, 0.717) is 25.6 Å². The largest absolute Gasteiger partial charge is 0.367 e. The van der Waals surface area contributed by atoms with Crippen LogP contribution in [0.5, 0.6) is 0 Å². The third kappa shape index (κ3) is 7.09. The topological polar surface area (TPSA) is 77.8 Å². The molecule has 0 aliphatic carbocycles. The van der Waals surface area contributed by atoms with Gasteiger partial charge in [0, 0.05) is 58.4 Å². The minimum atomic E-state index is 0. The number of benzene rings is 1. The number of halogens is 1. The van der Waals surface area contributed by atoms with Crippen LogP contribution in [0.2, 0.25) is 0 Å². The van der Waals surface area contributed by atoms with Crippen LogP contribution in [0.15, 0.2) is 41.7 Å². The second-order valence-electron chi connectivity index (χ2n) is 8.74. The second kappa shape index (κ2) is 12.2. The van der Waals surface area contributed by atoms with E-state index in [1.54, 1.807) is 0 Å². The lowest BCUT2D eigenvalue weighted by atomic mass is 10.1. The maximum absolute atomic E-state index is 11.9. The summed E-state index contributed by atoms with van der Waals surface area (Å²) in [6, 6.07) is 8.77. The number of amides is 1. The summed E-state index contributed by atoms with van der Waals surface area (Å²) in [5, 5.41) is 11.3. The molecule has 1 unspecified atom stereocenters. The molecular weight excluding hydrogens is 529 g/mol. The fraction of sp³-hybridized carbons (Fsp3) is 0.542. The van der Waals surface area contributed by atoms with Gasteiger partial charge in [-0.2, -0.15) is 5.10 Å². The van der Waals surface area contributed by atoms with Crippen LogP contribution in [0, 0.1) is 0 Å². The van der Waals surface area contributed by atoms with Crippen LogP contribution in [0.25, 0.3) is 0 Å². The van der Waals surface area contributed by atoms with Gasteiger partial charge in [-0.1, -0.05) is 24.3 Å². The van der Waals surface area contributed by atoms with Crippen molar-refractivity contribution in [3.8, 4) is 0 Å². The SMILES string of the molecule is CCNC(=NCc1cccc(CN2CCCC2=O)c1)NC1CCCN(c2cnn(C)c2)C1.I. The number of likely N-dealkylation sites (tertiary alicyclic amines) is 1. The monoisotopic (exact) mass is 565 g/mol. The van der Waals surface area contributed by atoms with E-state index < -0.39 is 0 Å². The Balaban J connectivity index is 0.00000306. The summed E-state index contributed by atoms with van der Waals surface area (Å²) in [7, 11) is 1.96. The van der Waals surface area contributed by atoms with Gasteiger partial charge in [0.25, 0.3) is 0 Å². The molecule has 0 bridgehead atoms. The quantitative estimate of drug-likeness (QED) is 0.307. The first kappa shape index (κ1) is 25.3. The average molecular weight is 566 g/mol. The third-order valence-corrected chi connectivity index (χ3v) is 6.12. The standard InChI is InChI=1S/C24H35N7O.HI/c1-3-25-24(28-21-9-5-11-30(17-21)22-15-27-29(2)18-22)26-14-19-7-4-8-20(13-19)16-31-12-6-10-23(31)32;/h4,7-8,13,15,18,21H,3,5-6,9-12,14,16-17H2,1-2H3,(H2,25,26,28);1H. The summed E-state index contributed by atoms with van der Waals surface area (Å²) in [6.07, 6.45) is 7.93. The number of piperidine rings is 1.